The van der Waals surface area contributed by atoms with Gasteiger partial charge in [-0.1, -0.05) is 5.16 Å². The van der Waals surface area contributed by atoms with Crippen molar-refractivity contribution >= 4 is 11.0 Å². The first-order valence-electron chi connectivity index (χ1n) is 5.71. The number of nitrogens with two attached hydrogens (primary N) is 1. The Labute approximate surface area is 92.6 Å². The Morgan fingerprint density at radius 2 is 2.12 bits per heavy atom. The summed E-state index contributed by atoms with van der Waals surface area (Å²) in [5, 5.41) is 7.25. The van der Waals surface area contributed by atoms with Crippen LogP contribution in [-0.2, 0) is 0 Å². The molecule has 84 valence electrons. The lowest BCUT2D eigenvalue weighted by molar-refractivity contribution is -0.663. The molecule has 0 saturated carbocycles. The van der Waals surface area contributed by atoms with E-state index in [9.17, 15) is 4.39 Å². The van der Waals surface area contributed by atoms with Crippen LogP contribution in [0.3, 0.4) is 0 Å². The number of nitrogens with zero attached hydrogens (tertiary/aromatic N) is 1. The fourth-order valence-electron chi connectivity index (χ4n) is 2.42. The summed E-state index contributed by atoms with van der Waals surface area (Å²) in [5.41, 5.74) is 1.62. The molecular weight excluding hydrogens is 207 g/mol. The number of hydrogen-bond donors (Lipinski definition) is 1. The van der Waals surface area contributed by atoms with E-state index in [0.717, 1.165) is 37.0 Å². The molecule has 2 heterocycles. The standard InChI is InChI=1S/C12H13FN2O/c13-9-1-2-11-10(7-9)12(15-16-11)8-3-5-14-6-4-8/h1-2,7-8,14H,3-6H2/p+1. The van der Waals surface area contributed by atoms with Crippen molar-refractivity contribution in [1.82, 2.24) is 5.16 Å². The molecule has 0 bridgehead atoms. The van der Waals surface area contributed by atoms with E-state index in [2.05, 4.69) is 10.5 Å². The molecule has 1 fully saturated rings. The van der Waals surface area contributed by atoms with E-state index in [-0.39, 0.29) is 5.82 Å². The highest BCUT2D eigenvalue weighted by Crippen LogP contribution is 2.30. The Balaban J connectivity index is 2.05. The molecule has 1 aromatic heterocycles. The van der Waals surface area contributed by atoms with Crippen LogP contribution in [0.2, 0.25) is 0 Å². The van der Waals surface area contributed by atoms with Crippen LogP contribution in [0.4, 0.5) is 4.39 Å². The predicted molar refractivity (Wildman–Crippen MR) is 57.6 cm³/mol. The zero-order valence-corrected chi connectivity index (χ0v) is 8.95. The van der Waals surface area contributed by atoms with Gasteiger partial charge < -0.3 is 9.84 Å². The van der Waals surface area contributed by atoms with Crippen LogP contribution in [0.25, 0.3) is 11.0 Å². The molecule has 3 nitrogen and oxygen atoms in total. The van der Waals surface area contributed by atoms with E-state index in [1.165, 1.54) is 12.1 Å². The van der Waals surface area contributed by atoms with Gasteiger partial charge >= 0.3 is 0 Å². The number of rotatable bonds is 1. The first-order chi connectivity index (χ1) is 7.84. The molecule has 1 aliphatic rings. The van der Waals surface area contributed by atoms with E-state index < -0.39 is 0 Å². The van der Waals surface area contributed by atoms with Crippen LogP contribution in [0, 0.1) is 5.82 Å². The number of halogens is 1. The molecule has 0 amide bonds. The normalized spacial score (nSPS) is 18.1. The van der Waals surface area contributed by atoms with Gasteiger partial charge in [0.1, 0.15) is 5.82 Å². The highest BCUT2D eigenvalue weighted by Gasteiger charge is 2.23. The summed E-state index contributed by atoms with van der Waals surface area (Å²) in [5.74, 6) is 0.201. The number of quaternary nitrogens is 1. The van der Waals surface area contributed by atoms with E-state index in [1.807, 2.05) is 0 Å². The molecule has 4 heteroatoms. The molecule has 0 radical (unpaired) electrons. The van der Waals surface area contributed by atoms with Gasteiger partial charge in [-0.15, -0.1) is 0 Å². The third-order valence-electron chi connectivity index (χ3n) is 3.29. The van der Waals surface area contributed by atoms with Crippen molar-refractivity contribution in [2.75, 3.05) is 13.1 Å². The van der Waals surface area contributed by atoms with Gasteiger partial charge in [-0.25, -0.2) is 4.39 Å². The Hall–Kier alpha value is -1.42. The second-order valence-electron chi connectivity index (χ2n) is 4.35. The van der Waals surface area contributed by atoms with Gasteiger partial charge in [0.25, 0.3) is 0 Å². The molecule has 16 heavy (non-hydrogen) atoms. The van der Waals surface area contributed by atoms with Crippen LogP contribution >= 0.6 is 0 Å². The van der Waals surface area contributed by atoms with Crippen LogP contribution < -0.4 is 5.32 Å². The average molecular weight is 221 g/mol. The van der Waals surface area contributed by atoms with E-state index >= 15 is 0 Å². The fourth-order valence-corrected chi connectivity index (χ4v) is 2.42. The lowest BCUT2D eigenvalue weighted by atomic mass is 9.93. The minimum atomic E-state index is -0.223. The van der Waals surface area contributed by atoms with Gasteiger partial charge in [0.2, 0.25) is 0 Å². The highest BCUT2D eigenvalue weighted by molar-refractivity contribution is 5.79. The quantitative estimate of drug-likeness (QED) is 0.791. The fraction of sp³-hybridized carbons (Fsp3) is 0.417. The molecule has 2 aromatic rings. The van der Waals surface area contributed by atoms with Crippen molar-refractivity contribution in [2.45, 2.75) is 18.8 Å². The summed E-state index contributed by atoms with van der Waals surface area (Å²) in [6.07, 6.45) is 2.19. The Kier molecular flexibility index (Phi) is 2.36. The van der Waals surface area contributed by atoms with Crippen molar-refractivity contribution in [3.8, 4) is 0 Å². The van der Waals surface area contributed by atoms with Crippen molar-refractivity contribution < 1.29 is 14.2 Å². The molecule has 0 atom stereocenters. The monoisotopic (exact) mass is 221 g/mol. The van der Waals surface area contributed by atoms with E-state index in [0.29, 0.717) is 11.5 Å². The SMILES string of the molecule is Fc1ccc2onc(C3CC[NH2+]CC3)c2c1. The second-order valence-corrected chi connectivity index (χ2v) is 4.35. The van der Waals surface area contributed by atoms with Crippen LogP contribution in [0.1, 0.15) is 24.5 Å². The number of hydrogen-bond acceptors (Lipinski definition) is 2. The van der Waals surface area contributed by atoms with Gasteiger partial charge in [-0.3, -0.25) is 0 Å². The summed E-state index contributed by atoms with van der Waals surface area (Å²) in [7, 11) is 0. The van der Waals surface area contributed by atoms with Gasteiger partial charge in [0, 0.05) is 24.1 Å². The molecule has 1 aliphatic heterocycles. The lowest BCUT2D eigenvalue weighted by Crippen LogP contribution is -2.86. The van der Waals surface area contributed by atoms with Crippen molar-refractivity contribution in [1.29, 1.82) is 0 Å². The molecule has 0 unspecified atom stereocenters. The van der Waals surface area contributed by atoms with Crippen LogP contribution in [0.15, 0.2) is 22.7 Å². The van der Waals surface area contributed by atoms with E-state index in [1.54, 1.807) is 6.07 Å². The first kappa shape index (κ1) is 9.78. The Morgan fingerprint density at radius 1 is 1.31 bits per heavy atom. The predicted octanol–water partition coefficient (Wildman–Crippen LogP) is 1.41. The highest BCUT2D eigenvalue weighted by atomic mass is 19.1. The van der Waals surface area contributed by atoms with Crippen molar-refractivity contribution in [3.63, 3.8) is 0 Å². The summed E-state index contributed by atoms with van der Waals surface area (Å²) >= 11 is 0. The number of piperidine rings is 1. The van der Waals surface area contributed by atoms with Crippen molar-refractivity contribution in [2.24, 2.45) is 0 Å². The van der Waals surface area contributed by atoms with Crippen LogP contribution in [0.5, 0.6) is 0 Å². The second kappa shape index (κ2) is 3.87. The lowest BCUT2D eigenvalue weighted by Gasteiger charge is -2.17. The maximum absolute atomic E-state index is 13.2. The Bertz CT molecular complexity index is 503. The van der Waals surface area contributed by atoms with Gasteiger partial charge in [-0.2, -0.15) is 0 Å². The van der Waals surface area contributed by atoms with E-state index in [4.69, 9.17) is 4.52 Å². The third kappa shape index (κ3) is 1.59. The molecule has 0 aliphatic carbocycles. The maximum atomic E-state index is 13.2. The van der Waals surface area contributed by atoms with Gasteiger partial charge in [-0.05, 0) is 18.2 Å². The zero-order chi connectivity index (χ0) is 11.0. The topological polar surface area (TPSA) is 42.6 Å². The minimum absolute atomic E-state index is 0.223. The molecule has 2 N–H and O–H groups in total. The summed E-state index contributed by atoms with van der Waals surface area (Å²) in [6.45, 7) is 2.24. The largest absolute Gasteiger partial charge is 0.356 e. The molecular formula is C12H14FN2O+. The smallest absolute Gasteiger partial charge is 0.167 e. The zero-order valence-electron chi connectivity index (χ0n) is 8.95. The third-order valence-corrected chi connectivity index (χ3v) is 3.29. The maximum Gasteiger partial charge on any atom is 0.167 e. The first-order valence-corrected chi connectivity index (χ1v) is 5.71. The van der Waals surface area contributed by atoms with Crippen molar-refractivity contribution in [3.05, 3.63) is 29.7 Å². The molecule has 1 saturated heterocycles. The average Bonchev–Trinajstić information content (AvgIpc) is 2.73. The summed E-state index contributed by atoms with van der Waals surface area (Å²) in [6, 6.07) is 4.58. The summed E-state index contributed by atoms with van der Waals surface area (Å²) in [4.78, 5) is 0. The minimum Gasteiger partial charge on any atom is -0.356 e. The van der Waals surface area contributed by atoms with Gasteiger partial charge in [0.05, 0.1) is 18.8 Å². The number of aromatic nitrogens is 1. The molecule has 0 spiro atoms. The summed E-state index contributed by atoms with van der Waals surface area (Å²) < 4.78 is 18.4. The van der Waals surface area contributed by atoms with Gasteiger partial charge in [0.15, 0.2) is 5.58 Å². The molecule has 1 aromatic carbocycles. The van der Waals surface area contributed by atoms with Crippen LogP contribution in [-0.4, -0.2) is 18.2 Å². The molecule has 3 rings (SSSR count). The number of fused-ring (bicyclic) bond motifs is 1. The Morgan fingerprint density at radius 3 is 2.94 bits per heavy atom. The number of benzene rings is 1.